The van der Waals surface area contributed by atoms with E-state index in [-0.39, 0.29) is 23.8 Å². The minimum absolute atomic E-state index is 0.0622. The van der Waals surface area contributed by atoms with Gasteiger partial charge < -0.3 is 15.1 Å². The molecule has 0 saturated carbocycles. The summed E-state index contributed by atoms with van der Waals surface area (Å²) in [5.41, 5.74) is 1.92. The van der Waals surface area contributed by atoms with Crippen LogP contribution in [0.2, 0.25) is 0 Å². The van der Waals surface area contributed by atoms with Crippen LogP contribution in [0.1, 0.15) is 43.0 Å². The van der Waals surface area contributed by atoms with E-state index in [9.17, 15) is 30.8 Å². The summed E-state index contributed by atoms with van der Waals surface area (Å²) in [6.07, 6.45) is -1.84. The second-order valence-electron chi connectivity index (χ2n) is 12.4. The molecular weight excluding hydrogens is 672 g/mol. The number of nitrogens with zero attached hydrogens (tertiary/aromatic N) is 5. The summed E-state index contributed by atoms with van der Waals surface area (Å²) in [4.78, 5) is 26.8. The smallest absolute Gasteiger partial charge is 0.366 e. The fourth-order valence-electron chi connectivity index (χ4n) is 6.39. The van der Waals surface area contributed by atoms with E-state index in [2.05, 4.69) is 15.3 Å². The van der Waals surface area contributed by atoms with Crippen molar-refractivity contribution in [2.45, 2.75) is 56.3 Å². The van der Waals surface area contributed by atoms with Gasteiger partial charge in [0.2, 0.25) is 21.9 Å². The lowest BCUT2D eigenvalue weighted by molar-refractivity contribution is -0.137. The highest BCUT2D eigenvalue weighted by Gasteiger charge is 2.39. The van der Waals surface area contributed by atoms with Crippen LogP contribution in [-0.2, 0) is 34.0 Å². The molecule has 264 valence electrons. The van der Waals surface area contributed by atoms with Gasteiger partial charge in [0.05, 0.1) is 34.1 Å². The van der Waals surface area contributed by atoms with Gasteiger partial charge in [0.25, 0.3) is 0 Å². The zero-order chi connectivity index (χ0) is 35.5. The van der Waals surface area contributed by atoms with Crippen LogP contribution < -0.4 is 15.1 Å². The van der Waals surface area contributed by atoms with Crippen LogP contribution in [0.3, 0.4) is 0 Å². The number of anilines is 2. The standard InChI is InChI=1S/C36H38F4N6O3S/c1-2-6-25-10-16-29(17-11-25)50(48,49)46-18-5-9-33(46)34(47)41-24-28-23-31(26-12-14-27(15-13-26)36(38,39)40)43-35(42-28)45-21-19-44(20-22-45)32-8-4-3-7-30(32)37/h3-4,7-8,10-17,23,33H,2,5-6,9,18-22,24H2,1H3,(H,41,47). The van der Waals surface area contributed by atoms with Crippen molar-refractivity contribution < 1.29 is 30.8 Å². The zero-order valence-corrected chi connectivity index (χ0v) is 28.4. The molecule has 1 amide bonds. The third kappa shape index (κ3) is 7.76. The van der Waals surface area contributed by atoms with Crippen LogP contribution in [0.15, 0.2) is 83.8 Å². The second kappa shape index (κ2) is 14.7. The quantitative estimate of drug-likeness (QED) is 0.200. The number of para-hydroxylation sites is 1. The molecule has 2 aliphatic rings. The molecule has 6 rings (SSSR count). The number of nitrogens with one attached hydrogen (secondary N) is 1. The SMILES string of the molecule is CCCc1ccc(S(=O)(=O)N2CCCC2C(=O)NCc2cc(-c3ccc(C(F)(F)F)cc3)nc(N3CCN(c4ccccc4F)CC3)n2)cc1. The summed E-state index contributed by atoms with van der Waals surface area (Å²) in [5.74, 6) is -0.474. The number of alkyl halides is 3. The third-order valence-electron chi connectivity index (χ3n) is 9.05. The number of halogens is 4. The van der Waals surface area contributed by atoms with E-state index in [1.807, 2.05) is 16.7 Å². The monoisotopic (exact) mass is 710 g/mol. The van der Waals surface area contributed by atoms with E-state index in [1.165, 1.54) is 22.5 Å². The molecule has 1 aromatic heterocycles. The molecular formula is C36H38F4N6O3S. The van der Waals surface area contributed by atoms with Crippen molar-refractivity contribution in [3.05, 3.63) is 102 Å². The van der Waals surface area contributed by atoms with Gasteiger partial charge in [-0.05, 0) is 67.3 Å². The van der Waals surface area contributed by atoms with Crippen LogP contribution >= 0.6 is 0 Å². The van der Waals surface area contributed by atoms with Crippen molar-refractivity contribution in [3.8, 4) is 11.3 Å². The maximum absolute atomic E-state index is 14.4. The summed E-state index contributed by atoms with van der Waals surface area (Å²) >= 11 is 0. The molecule has 0 bridgehead atoms. The maximum atomic E-state index is 14.4. The third-order valence-corrected chi connectivity index (χ3v) is 11.0. The Kier molecular flexibility index (Phi) is 10.4. The van der Waals surface area contributed by atoms with Crippen LogP contribution in [0.5, 0.6) is 0 Å². The van der Waals surface area contributed by atoms with E-state index in [0.29, 0.717) is 67.6 Å². The molecule has 0 spiro atoms. The first-order valence-electron chi connectivity index (χ1n) is 16.6. The largest absolute Gasteiger partial charge is 0.416 e. The van der Waals surface area contributed by atoms with Crippen molar-refractivity contribution in [2.75, 3.05) is 42.5 Å². The minimum Gasteiger partial charge on any atom is -0.366 e. The van der Waals surface area contributed by atoms with E-state index in [1.54, 1.807) is 48.5 Å². The van der Waals surface area contributed by atoms with Crippen LogP contribution in [0.25, 0.3) is 11.3 Å². The average molecular weight is 711 g/mol. The Morgan fingerprint density at radius 2 is 1.58 bits per heavy atom. The topological polar surface area (TPSA) is 98.7 Å². The highest BCUT2D eigenvalue weighted by molar-refractivity contribution is 7.89. The molecule has 3 heterocycles. The Hall–Kier alpha value is -4.56. The van der Waals surface area contributed by atoms with Gasteiger partial charge in [0, 0.05) is 38.3 Å². The normalized spacial score (nSPS) is 17.3. The molecule has 4 aromatic rings. The van der Waals surface area contributed by atoms with Gasteiger partial charge >= 0.3 is 6.18 Å². The lowest BCUT2D eigenvalue weighted by atomic mass is 10.1. The van der Waals surface area contributed by atoms with Crippen molar-refractivity contribution >= 4 is 27.6 Å². The Morgan fingerprint density at radius 1 is 0.900 bits per heavy atom. The van der Waals surface area contributed by atoms with E-state index in [0.717, 1.165) is 30.5 Å². The van der Waals surface area contributed by atoms with Crippen LogP contribution in [0, 0.1) is 5.82 Å². The summed E-state index contributed by atoms with van der Waals surface area (Å²) in [6.45, 7) is 4.06. The average Bonchev–Trinajstić information content (AvgIpc) is 3.63. The fourth-order valence-corrected chi connectivity index (χ4v) is 8.04. The number of benzene rings is 3. The predicted octanol–water partition coefficient (Wildman–Crippen LogP) is 6.05. The molecule has 2 saturated heterocycles. The van der Waals surface area contributed by atoms with Gasteiger partial charge in [0.15, 0.2) is 0 Å². The van der Waals surface area contributed by atoms with Crippen molar-refractivity contribution in [1.82, 2.24) is 19.6 Å². The first-order chi connectivity index (χ1) is 23.9. The number of carbonyl (C=O) groups excluding carboxylic acids is 1. The molecule has 0 aliphatic carbocycles. The molecule has 2 aliphatic heterocycles. The van der Waals surface area contributed by atoms with E-state index < -0.39 is 33.7 Å². The number of hydrogen-bond donors (Lipinski definition) is 1. The Labute approximate surface area is 289 Å². The van der Waals surface area contributed by atoms with Gasteiger partial charge in [-0.15, -0.1) is 0 Å². The van der Waals surface area contributed by atoms with Crippen molar-refractivity contribution in [2.24, 2.45) is 0 Å². The highest BCUT2D eigenvalue weighted by Crippen LogP contribution is 2.32. The van der Waals surface area contributed by atoms with Gasteiger partial charge in [0.1, 0.15) is 11.9 Å². The molecule has 1 atom stereocenters. The Bertz CT molecular complexity index is 1920. The van der Waals surface area contributed by atoms with Gasteiger partial charge in [-0.2, -0.15) is 17.5 Å². The summed E-state index contributed by atoms with van der Waals surface area (Å²) in [7, 11) is -3.92. The minimum atomic E-state index is -4.50. The first kappa shape index (κ1) is 35.3. The van der Waals surface area contributed by atoms with Crippen molar-refractivity contribution in [1.29, 1.82) is 0 Å². The first-order valence-corrected chi connectivity index (χ1v) is 18.1. The molecule has 3 aromatic carbocycles. The number of amides is 1. The summed E-state index contributed by atoms with van der Waals surface area (Å²) in [6, 6.07) is 18.6. The van der Waals surface area contributed by atoms with Crippen LogP contribution in [-0.4, -0.2) is 67.4 Å². The molecule has 14 heteroatoms. The molecule has 0 radical (unpaired) electrons. The highest BCUT2D eigenvalue weighted by atomic mass is 32.2. The predicted molar refractivity (Wildman–Crippen MR) is 182 cm³/mol. The van der Waals surface area contributed by atoms with Crippen LogP contribution in [0.4, 0.5) is 29.2 Å². The molecule has 2 fully saturated rings. The lowest BCUT2D eigenvalue weighted by Crippen LogP contribution is -2.47. The zero-order valence-electron chi connectivity index (χ0n) is 27.5. The lowest BCUT2D eigenvalue weighted by Gasteiger charge is -2.36. The Balaban J connectivity index is 1.21. The number of aryl methyl sites for hydroxylation is 1. The summed E-state index contributed by atoms with van der Waals surface area (Å²) < 4.78 is 82.6. The van der Waals surface area contributed by atoms with Crippen molar-refractivity contribution in [3.63, 3.8) is 0 Å². The number of rotatable bonds is 10. The van der Waals surface area contributed by atoms with Gasteiger partial charge in [-0.3, -0.25) is 4.79 Å². The number of aromatic nitrogens is 2. The van der Waals surface area contributed by atoms with Gasteiger partial charge in [-0.25, -0.2) is 22.8 Å². The number of carbonyl (C=O) groups is 1. The molecule has 1 unspecified atom stereocenters. The summed E-state index contributed by atoms with van der Waals surface area (Å²) in [5, 5.41) is 2.84. The molecule has 9 nitrogen and oxygen atoms in total. The number of hydrogen-bond acceptors (Lipinski definition) is 7. The van der Waals surface area contributed by atoms with Gasteiger partial charge in [-0.1, -0.05) is 49.7 Å². The maximum Gasteiger partial charge on any atom is 0.416 e. The fraction of sp³-hybridized carbons (Fsp3) is 0.361. The molecule has 50 heavy (non-hydrogen) atoms. The van der Waals surface area contributed by atoms with E-state index in [4.69, 9.17) is 0 Å². The van der Waals surface area contributed by atoms with E-state index >= 15 is 0 Å². The Morgan fingerprint density at radius 3 is 2.24 bits per heavy atom. The number of piperazine rings is 1. The second-order valence-corrected chi connectivity index (χ2v) is 14.3. The molecule has 1 N–H and O–H groups in total. The number of sulfonamides is 1.